The first-order valence-electron chi connectivity index (χ1n) is 7.77. The Morgan fingerprint density at radius 3 is 2.63 bits per heavy atom. The lowest BCUT2D eigenvalue weighted by atomic mass is 9.95. The first-order valence-corrected chi connectivity index (χ1v) is 7.77. The van der Waals surface area contributed by atoms with Crippen LogP contribution in [0.5, 0.6) is 0 Å². The summed E-state index contributed by atoms with van der Waals surface area (Å²) in [5.41, 5.74) is 0. The van der Waals surface area contributed by atoms with Crippen molar-refractivity contribution in [3.8, 4) is 0 Å². The molecule has 1 rings (SSSR count). The van der Waals surface area contributed by atoms with E-state index in [1.54, 1.807) is 7.11 Å². The molecule has 0 aliphatic carbocycles. The molecule has 19 heavy (non-hydrogen) atoms. The largest absolute Gasteiger partial charge is 0.385 e. The van der Waals surface area contributed by atoms with Crippen molar-refractivity contribution in [1.82, 2.24) is 10.2 Å². The third-order valence-corrected chi connectivity index (χ3v) is 3.86. The smallest absolute Gasteiger partial charge is 0.223 e. The zero-order chi connectivity index (χ0) is 13.9. The molecule has 0 aromatic carbocycles. The van der Waals surface area contributed by atoms with Crippen LogP contribution in [-0.2, 0) is 9.53 Å². The van der Waals surface area contributed by atoms with Gasteiger partial charge in [-0.25, -0.2) is 0 Å². The van der Waals surface area contributed by atoms with Crippen LogP contribution in [0.4, 0.5) is 0 Å². The number of rotatable bonds is 9. The van der Waals surface area contributed by atoms with Crippen LogP contribution in [0, 0.1) is 5.92 Å². The van der Waals surface area contributed by atoms with Crippen molar-refractivity contribution in [2.45, 2.75) is 45.4 Å². The highest BCUT2D eigenvalue weighted by Crippen LogP contribution is 2.17. The molecule has 0 aromatic heterocycles. The minimum absolute atomic E-state index is 0.227. The molecule has 0 unspecified atom stereocenters. The number of unbranched alkanes of at least 4 members (excludes halogenated alkanes) is 2. The fourth-order valence-corrected chi connectivity index (χ4v) is 2.58. The summed E-state index contributed by atoms with van der Waals surface area (Å²) in [6.45, 7) is 7.06. The van der Waals surface area contributed by atoms with E-state index >= 15 is 0 Å². The quantitative estimate of drug-likeness (QED) is 0.652. The molecule has 112 valence electrons. The molecule has 0 bridgehead atoms. The Kier molecular flexibility index (Phi) is 8.84. The van der Waals surface area contributed by atoms with Gasteiger partial charge >= 0.3 is 0 Å². The van der Waals surface area contributed by atoms with E-state index < -0.39 is 0 Å². The summed E-state index contributed by atoms with van der Waals surface area (Å²) in [6.07, 6.45) is 6.83. The second-order valence-electron chi connectivity index (χ2n) is 5.46. The number of amides is 1. The van der Waals surface area contributed by atoms with Crippen LogP contribution in [0.2, 0.25) is 0 Å². The van der Waals surface area contributed by atoms with Gasteiger partial charge in [-0.3, -0.25) is 4.79 Å². The van der Waals surface area contributed by atoms with Crippen LogP contribution in [0.1, 0.15) is 45.4 Å². The summed E-state index contributed by atoms with van der Waals surface area (Å²) >= 11 is 0. The van der Waals surface area contributed by atoms with E-state index in [1.807, 2.05) is 0 Å². The summed E-state index contributed by atoms with van der Waals surface area (Å²) < 4.78 is 4.97. The van der Waals surface area contributed by atoms with E-state index in [1.165, 1.54) is 25.8 Å². The lowest BCUT2D eigenvalue weighted by Gasteiger charge is -2.31. The molecule has 1 heterocycles. The highest BCUT2D eigenvalue weighted by atomic mass is 16.5. The van der Waals surface area contributed by atoms with Crippen molar-refractivity contribution in [2.24, 2.45) is 5.92 Å². The molecular formula is C15H30N2O2. The normalized spacial score (nSPS) is 17.6. The number of nitrogens with one attached hydrogen (secondary N) is 1. The first kappa shape index (κ1) is 16.4. The Morgan fingerprint density at radius 2 is 2.00 bits per heavy atom. The van der Waals surface area contributed by atoms with Crippen LogP contribution < -0.4 is 5.32 Å². The number of hydrogen-bond donors (Lipinski definition) is 1. The average Bonchev–Trinajstić information content (AvgIpc) is 2.44. The van der Waals surface area contributed by atoms with E-state index in [-0.39, 0.29) is 11.8 Å². The number of hydrogen-bond acceptors (Lipinski definition) is 3. The van der Waals surface area contributed by atoms with Gasteiger partial charge in [0.05, 0.1) is 0 Å². The average molecular weight is 270 g/mol. The molecule has 4 heteroatoms. The van der Waals surface area contributed by atoms with Crippen LogP contribution >= 0.6 is 0 Å². The zero-order valence-electron chi connectivity index (χ0n) is 12.6. The maximum Gasteiger partial charge on any atom is 0.223 e. The molecule has 1 amide bonds. The topological polar surface area (TPSA) is 41.6 Å². The fourth-order valence-electron chi connectivity index (χ4n) is 2.58. The minimum atomic E-state index is 0.227. The number of carbonyl (C=O) groups is 1. The Hall–Kier alpha value is -0.610. The molecular weight excluding hydrogens is 240 g/mol. The number of likely N-dealkylation sites (tertiary alicyclic amines) is 1. The van der Waals surface area contributed by atoms with Gasteiger partial charge in [0, 0.05) is 26.2 Å². The van der Waals surface area contributed by atoms with Gasteiger partial charge in [0.15, 0.2) is 0 Å². The van der Waals surface area contributed by atoms with Crippen molar-refractivity contribution < 1.29 is 9.53 Å². The van der Waals surface area contributed by atoms with E-state index in [9.17, 15) is 4.79 Å². The summed E-state index contributed by atoms with van der Waals surface area (Å²) in [5.74, 6) is 0.467. The SMILES string of the molecule is CCCCCN1CCC(C(=O)NCCCOC)CC1. The molecule has 1 aliphatic heterocycles. The Bertz CT molecular complexity index is 238. The fraction of sp³-hybridized carbons (Fsp3) is 0.933. The zero-order valence-corrected chi connectivity index (χ0v) is 12.6. The van der Waals surface area contributed by atoms with Crippen molar-refractivity contribution in [3.05, 3.63) is 0 Å². The van der Waals surface area contributed by atoms with Gasteiger partial charge in [-0.05, 0) is 45.3 Å². The first-order chi connectivity index (χ1) is 9.27. The van der Waals surface area contributed by atoms with Crippen LogP contribution in [0.25, 0.3) is 0 Å². The molecule has 0 saturated carbocycles. The minimum Gasteiger partial charge on any atom is -0.385 e. The summed E-state index contributed by atoms with van der Waals surface area (Å²) in [7, 11) is 1.69. The standard InChI is InChI=1S/C15H30N2O2/c1-3-4-5-10-17-11-7-14(8-12-17)15(18)16-9-6-13-19-2/h14H,3-13H2,1-2H3,(H,16,18). The number of nitrogens with zero attached hydrogens (tertiary/aromatic N) is 1. The van der Waals surface area contributed by atoms with Crippen LogP contribution in [0.15, 0.2) is 0 Å². The molecule has 0 spiro atoms. The molecule has 0 radical (unpaired) electrons. The molecule has 0 aromatic rings. The summed E-state index contributed by atoms with van der Waals surface area (Å²) in [4.78, 5) is 14.5. The van der Waals surface area contributed by atoms with Crippen molar-refractivity contribution in [2.75, 3.05) is 39.9 Å². The number of piperidine rings is 1. The van der Waals surface area contributed by atoms with E-state index in [2.05, 4.69) is 17.1 Å². The number of carbonyl (C=O) groups excluding carboxylic acids is 1. The van der Waals surface area contributed by atoms with E-state index in [4.69, 9.17) is 4.74 Å². The van der Waals surface area contributed by atoms with E-state index in [0.717, 1.165) is 45.5 Å². The van der Waals surface area contributed by atoms with Crippen molar-refractivity contribution in [3.63, 3.8) is 0 Å². The Morgan fingerprint density at radius 1 is 1.26 bits per heavy atom. The van der Waals surface area contributed by atoms with Gasteiger partial charge in [-0.15, -0.1) is 0 Å². The molecule has 1 saturated heterocycles. The third-order valence-electron chi connectivity index (χ3n) is 3.86. The highest BCUT2D eigenvalue weighted by Gasteiger charge is 2.24. The van der Waals surface area contributed by atoms with Crippen LogP contribution in [-0.4, -0.2) is 50.7 Å². The lowest BCUT2D eigenvalue weighted by Crippen LogP contribution is -2.41. The predicted molar refractivity (Wildman–Crippen MR) is 78.2 cm³/mol. The van der Waals surface area contributed by atoms with Crippen LogP contribution in [0.3, 0.4) is 0 Å². The number of methoxy groups -OCH3 is 1. The second kappa shape index (κ2) is 10.2. The maximum absolute atomic E-state index is 12.0. The third kappa shape index (κ3) is 6.92. The highest BCUT2D eigenvalue weighted by molar-refractivity contribution is 5.78. The van der Waals surface area contributed by atoms with E-state index in [0.29, 0.717) is 0 Å². The predicted octanol–water partition coefficient (Wildman–Crippen LogP) is 2.04. The summed E-state index contributed by atoms with van der Waals surface area (Å²) in [5, 5.41) is 3.02. The van der Waals surface area contributed by atoms with Gasteiger partial charge in [0.25, 0.3) is 0 Å². The van der Waals surface area contributed by atoms with Gasteiger partial charge in [-0.1, -0.05) is 19.8 Å². The monoisotopic (exact) mass is 270 g/mol. The molecule has 0 atom stereocenters. The van der Waals surface area contributed by atoms with Gasteiger partial charge < -0.3 is 15.0 Å². The van der Waals surface area contributed by atoms with Gasteiger partial charge in [0.1, 0.15) is 0 Å². The Balaban J connectivity index is 2.09. The lowest BCUT2D eigenvalue weighted by molar-refractivity contribution is -0.126. The molecule has 1 fully saturated rings. The van der Waals surface area contributed by atoms with Crippen molar-refractivity contribution in [1.29, 1.82) is 0 Å². The molecule has 4 nitrogen and oxygen atoms in total. The Labute approximate surface area is 117 Å². The van der Waals surface area contributed by atoms with Crippen molar-refractivity contribution >= 4 is 5.91 Å². The summed E-state index contributed by atoms with van der Waals surface area (Å²) in [6, 6.07) is 0. The number of ether oxygens (including phenoxy) is 1. The molecule has 1 aliphatic rings. The maximum atomic E-state index is 12.0. The molecule has 1 N–H and O–H groups in total. The van der Waals surface area contributed by atoms with Gasteiger partial charge in [-0.2, -0.15) is 0 Å². The second-order valence-corrected chi connectivity index (χ2v) is 5.46. The van der Waals surface area contributed by atoms with Gasteiger partial charge in [0.2, 0.25) is 5.91 Å².